The predicted molar refractivity (Wildman–Crippen MR) is 59.4 cm³/mol. The van der Waals surface area contributed by atoms with Crippen LogP contribution in [0.1, 0.15) is 26.0 Å². The summed E-state index contributed by atoms with van der Waals surface area (Å²) in [5, 5.41) is 0. The summed E-state index contributed by atoms with van der Waals surface area (Å²) < 4.78 is 5.14. The largest absolute Gasteiger partial charge is 0.469 e. The fourth-order valence-corrected chi connectivity index (χ4v) is 1.66. The van der Waals surface area contributed by atoms with E-state index in [1.54, 1.807) is 12.3 Å². The van der Waals surface area contributed by atoms with Crippen LogP contribution in [0.15, 0.2) is 22.8 Å². The number of ketones is 1. The Hall–Kier alpha value is -1.09. The van der Waals surface area contributed by atoms with Gasteiger partial charge in [-0.05, 0) is 24.5 Å². The third-order valence-electron chi connectivity index (χ3n) is 2.42. The van der Waals surface area contributed by atoms with Gasteiger partial charge in [-0.3, -0.25) is 4.79 Å². The average Bonchev–Trinajstić information content (AvgIpc) is 2.66. The topological polar surface area (TPSA) is 56.2 Å². The van der Waals surface area contributed by atoms with Gasteiger partial charge < -0.3 is 10.2 Å². The van der Waals surface area contributed by atoms with Crippen molar-refractivity contribution in [2.45, 2.75) is 26.7 Å². The van der Waals surface area contributed by atoms with E-state index in [1.165, 1.54) is 0 Å². The molecule has 1 rings (SSSR count). The molecule has 0 amide bonds. The first-order chi connectivity index (χ1) is 7.13. The Kier molecular flexibility index (Phi) is 4.56. The van der Waals surface area contributed by atoms with E-state index in [-0.39, 0.29) is 11.7 Å². The van der Waals surface area contributed by atoms with Crippen LogP contribution in [0.4, 0.5) is 0 Å². The van der Waals surface area contributed by atoms with E-state index in [1.807, 2.05) is 6.07 Å². The maximum absolute atomic E-state index is 11.8. The third kappa shape index (κ3) is 3.88. The Balaban J connectivity index is 2.50. The Morgan fingerprint density at radius 3 is 2.73 bits per heavy atom. The Labute approximate surface area is 90.6 Å². The van der Waals surface area contributed by atoms with E-state index in [0.717, 1.165) is 12.2 Å². The van der Waals surface area contributed by atoms with Gasteiger partial charge >= 0.3 is 0 Å². The standard InChI is InChI=1S/C12H19NO2/c1-9(2)6-10(8-13)12(14)7-11-4-3-5-15-11/h3-5,9-10H,6-8,13H2,1-2H3. The molecule has 0 bridgehead atoms. The Bertz CT molecular complexity index is 291. The van der Waals surface area contributed by atoms with Crippen LogP contribution in [0.25, 0.3) is 0 Å². The van der Waals surface area contributed by atoms with Crippen molar-refractivity contribution in [2.24, 2.45) is 17.6 Å². The molecule has 0 saturated heterocycles. The number of carbonyl (C=O) groups is 1. The predicted octanol–water partition coefficient (Wildman–Crippen LogP) is 2.01. The molecule has 0 aliphatic rings. The van der Waals surface area contributed by atoms with E-state index in [0.29, 0.717) is 18.9 Å². The molecular formula is C12H19NO2. The number of hydrogen-bond acceptors (Lipinski definition) is 3. The van der Waals surface area contributed by atoms with Gasteiger partial charge in [-0.1, -0.05) is 13.8 Å². The second-order valence-corrected chi connectivity index (χ2v) is 4.28. The zero-order chi connectivity index (χ0) is 11.3. The molecule has 1 aromatic heterocycles. The average molecular weight is 209 g/mol. The van der Waals surface area contributed by atoms with E-state index in [4.69, 9.17) is 10.2 Å². The van der Waals surface area contributed by atoms with Crippen molar-refractivity contribution in [3.63, 3.8) is 0 Å². The molecule has 84 valence electrons. The van der Waals surface area contributed by atoms with Crippen molar-refractivity contribution in [3.8, 4) is 0 Å². The normalized spacial score (nSPS) is 13.1. The number of nitrogens with two attached hydrogens (primary N) is 1. The first-order valence-electron chi connectivity index (χ1n) is 5.38. The first kappa shape index (κ1) is 12.0. The summed E-state index contributed by atoms with van der Waals surface area (Å²) >= 11 is 0. The minimum absolute atomic E-state index is 0.0323. The molecule has 0 saturated carbocycles. The first-order valence-corrected chi connectivity index (χ1v) is 5.38. The smallest absolute Gasteiger partial charge is 0.144 e. The van der Waals surface area contributed by atoms with Crippen molar-refractivity contribution >= 4 is 5.78 Å². The summed E-state index contributed by atoms with van der Waals surface area (Å²) in [7, 11) is 0. The molecular weight excluding hydrogens is 190 g/mol. The summed E-state index contributed by atoms with van der Waals surface area (Å²) in [5.41, 5.74) is 5.60. The van der Waals surface area contributed by atoms with E-state index in [2.05, 4.69) is 13.8 Å². The molecule has 1 atom stereocenters. The highest BCUT2D eigenvalue weighted by Crippen LogP contribution is 2.14. The van der Waals surface area contributed by atoms with Crippen LogP contribution in [0, 0.1) is 11.8 Å². The number of carbonyl (C=O) groups excluding carboxylic acids is 1. The Morgan fingerprint density at radius 2 is 2.27 bits per heavy atom. The van der Waals surface area contributed by atoms with Crippen LogP contribution in [0.5, 0.6) is 0 Å². The molecule has 15 heavy (non-hydrogen) atoms. The molecule has 1 aromatic rings. The summed E-state index contributed by atoms with van der Waals surface area (Å²) in [6, 6.07) is 3.61. The second kappa shape index (κ2) is 5.71. The van der Waals surface area contributed by atoms with E-state index >= 15 is 0 Å². The molecule has 0 radical (unpaired) electrons. The molecule has 1 heterocycles. The Morgan fingerprint density at radius 1 is 1.53 bits per heavy atom. The fourth-order valence-electron chi connectivity index (χ4n) is 1.66. The highest BCUT2D eigenvalue weighted by molar-refractivity contribution is 5.82. The van der Waals surface area contributed by atoms with Crippen molar-refractivity contribution in [1.29, 1.82) is 0 Å². The van der Waals surface area contributed by atoms with E-state index < -0.39 is 0 Å². The lowest BCUT2D eigenvalue weighted by molar-refractivity contribution is -0.122. The van der Waals surface area contributed by atoms with Crippen molar-refractivity contribution in [2.75, 3.05) is 6.54 Å². The molecule has 0 spiro atoms. The molecule has 3 heteroatoms. The molecule has 0 aliphatic heterocycles. The van der Waals surface area contributed by atoms with Crippen LogP contribution in [0.2, 0.25) is 0 Å². The van der Waals surface area contributed by atoms with Crippen LogP contribution < -0.4 is 5.73 Å². The number of Topliss-reactive ketones (excluding diaryl/α,β-unsaturated/α-hetero) is 1. The lowest BCUT2D eigenvalue weighted by Gasteiger charge is -2.14. The second-order valence-electron chi connectivity index (χ2n) is 4.28. The maximum Gasteiger partial charge on any atom is 0.144 e. The highest BCUT2D eigenvalue weighted by Gasteiger charge is 2.19. The maximum atomic E-state index is 11.8. The van der Waals surface area contributed by atoms with Gasteiger partial charge in [-0.25, -0.2) is 0 Å². The summed E-state index contributed by atoms with van der Waals surface area (Å²) in [6.07, 6.45) is 2.81. The molecule has 1 unspecified atom stereocenters. The van der Waals surface area contributed by atoms with Crippen LogP contribution >= 0.6 is 0 Å². The molecule has 3 nitrogen and oxygen atoms in total. The summed E-state index contributed by atoms with van der Waals surface area (Å²) in [5.74, 6) is 1.37. The van der Waals surface area contributed by atoms with E-state index in [9.17, 15) is 4.79 Å². The van der Waals surface area contributed by atoms with Gasteiger partial charge in [0.2, 0.25) is 0 Å². The lowest BCUT2D eigenvalue weighted by Crippen LogP contribution is -2.26. The third-order valence-corrected chi connectivity index (χ3v) is 2.42. The highest BCUT2D eigenvalue weighted by atomic mass is 16.3. The van der Waals surface area contributed by atoms with Gasteiger partial charge in [0.25, 0.3) is 0 Å². The molecule has 0 aromatic carbocycles. The summed E-state index contributed by atoms with van der Waals surface area (Å²) in [6.45, 7) is 4.63. The van der Waals surface area contributed by atoms with Gasteiger partial charge in [-0.2, -0.15) is 0 Å². The number of furan rings is 1. The summed E-state index contributed by atoms with van der Waals surface area (Å²) in [4.78, 5) is 11.8. The minimum atomic E-state index is -0.0323. The van der Waals surface area contributed by atoms with Gasteiger partial charge in [0.05, 0.1) is 12.7 Å². The van der Waals surface area contributed by atoms with Gasteiger partial charge in [0.1, 0.15) is 11.5 Å². The van der Waals surface area contributed by atoms with Crippen LogP contribution in [-0.4, -0.2) is 12.3 Å². The zero-order valence-corrected chi connectivity index (χ0v) is 9.40. The zero-order valence-electron chi connectivity index (χ0n) is 9.40. The van der Waals surface area contributed by atoms with Crippen molar-refractivity contribution < 1.29 is 9.21 Å². The molecule has 2 N–H and O–H groups in total. The fraction of sp³-hybridized carbons (Fsp3) is 0.583. The van der Waals surface area contributed by atoms with Gasteiger partial charge in [-0.15, -0.1) is 0 Å². The monoisotopic (exact) mass is 209 g/mol. The SMILES string of the molecule is CC(C)CC(CN)C(=O)Cc1ccco1. The quantitative estimate of drug-likeness (QED) is 0.779. The lowest BCUT2D eigenvalue weighted by atomic mass is 9.91. The van der Waals surface area contributed by atoms with Crippen LogP contribution in [-0.2, 0) is 11.2 Å². The van der Waals surface area contributed by atoms with Gasteiger partial charge in [0, 0.05) is 12.5 Å². The van der Waals surface area contributed by atoms with Gasteiger partial charge in [0.15, 0.2) is 0 Å². The van der Waals surface area contributed by atoms with Crippen molar-refractivity contribution in [3.05, 3.63) is 24.2 Å². The minimum Gasteiger partial charge on any atom is -0.469 e. The number of rotatable bonds is 6. The van der Waals surface area contributed by atoms with Crippen LogP contribution in [0.3, 0.4) is 0 Å². The van der Waals surface area contributed by atoms with Crippen molar-refractivity contribution in [1.82, 2.24) is 0 Å². The molecule has 0 aliphatic carbocycles. The number of hydrogen-bond donors (Lipinski definition) is 1. The molecule has 0 fully saturated rings.